The zero-order chi connectivity index (χ0) is 17.7. The normalized spacial score (nSPS) is 16.8. The molecule has 5 heterocycles. The summed E-state index contributed by atoms with van der Waals surface area (Å²) in [6.45, 7) is 2.58. The molecule has 5 rings (SSSR count). The molecule has 0 saturated carbocycles. The molecule has 1 unspecified atom stereocenters. The summed E-state index contributed by atoms with van der Waals surface area (Å²) in [6.07, 6.45) is 2.55. The Hall–Kier alpha value is -2.58. The SMILES string of the molecule is Cc1ccnc2nc(C(=O)N3CCc4sccc4C3c3cccs3)nn12. The first-order valence-corrected chi connectivity index (χ1v) is 10.1. The zero-order valence-electron chi connectivity index (χ0n) is 14.0. The van der Waals surface area contributed by atoms with E-state index in [2.05, 4.69) is 38.0 Å². The first-order valence-electron chi connectivity index (χ1n) is 8.31. The van der Waals surface area contributed by atoms with Crippen molar-refractivity contribution in [2.45, 2.75) is 19.4 Å². The second-order valence-electron chi connectivity index (χ2n) is 6.20. The maximum atomic E-state index is 13.3. The summed E-state index contributed by atoms with van der Waals surface area (Å²) in [6, 6.07) is 8.03. The molecule has 26 heavy (non-hydrogen) atoms. The average Bonchev–Trinajstić information content (AvgIpc) is 3.39. The van der Waals surface area contributed by atoms with E-state index >= 15 is 0 Å². The van der Waals surface area contributed by atoms with E-state index in [-0.39, 0.29) is 17.8 Å². The van der Waals surface area contributed by atoms with Crippen LogP contribution in [0.5, 0.6) is 0 Å². The first-order chi connectivity index (χ1) is 12.7. The lowest BCUT2D eigenvalue weighted by Crippen LogP contribution is -2.40. The molecule has 0 fully saturated rings. The lowest BCUT2D eigenvalue weighted by Gasteiger charge is -2.34. The Balaban J connectivity index is 1.59. The van der Waals surface area contributed by atoms with E-state index in [1.54, 1.807) is 33.4 Å². The summed E-state index contributed by atoms with van der Waals surface area (Å²) in [7, 11) is 0. The van der Waals surface area contributed by atoms with Crippen LogP contribution in [0.1, 0.15) is 37.7 Å². The average molecular weight is 381 g/mol. The van der Waals surface area contributed by atoms with E-state index in [1.807, 2.05) is 24.0 Å². The van der Waals surface area contributed by atoms with Gasteiger partial charge in [-0.3, -0.25) is 4.79 Å². The highest BCUT2D eigenvalue weighted by Crippen LogP contribution is 2.39. The van der Waals surface area contributed by atoms with Crippen molar-refractivity contribution >= 4 is 34.4 Å². The fraction of sp³-hybridized carbons (Fsp3) is 0.222. The molecule has 130 valence electrons. The number of amides is 1. The van der Waals surface area contributed by atoms with Crippen LogP contribution in [-0.4, -0.2) is 36.9 Å². The second-order valence-corrected chi connectivity index (χ2v) is 8.18. The molecule has 0 saturated heterocycles. The number of aryl methyl sites for hydroxylation is 1. The number of carbonyl (C=O) groups is 1. The molecule has 0 aliphatic carbocycles. The van der Waals surface area contributed by atoms with Crippen LogP contribution >= 0.6 is 22.7 Å². The van der Waals surface area contributed by atoms with Crippen molar-refractivity contribution < 1.29 is 4.79 Å². The number of nitrogens with zero attached hydrogens (tertiary/aromatic N) is 5. The molecule has 6 nitrogen and oxygen atoms in total. The number of aromatic nitrogens is 4. The monoisotopic (exact) mass is 381 g/mol. The Morgan fingerprint density at radius 1 is 1.23 bits per heavy atom. The van der Waals surface area contributed by atoms with Crippen LogP contribution in [0.15, 0.2) is 41.2 Å². The van der Waals surface area contributed by atoms with Crippen LogP contribution in [0.25, 0.3) is 5.78 Å². The predicted octanol–water partition coefficient (Wildman–Crippen LogP) is 3.34. The maximum absolute atomic E-state index is 13.3. The molecule has 1 atom stereocenters. The Bertz CT molecular complexity index is 1100. The number of rotatable bonds is 2. The molecule has 4 aromatic rings. The summed E-state index contributed by atoms with van der Waals surface area (Å²) in [5.74, 6) is 0.506. The van der Waals surface area contributed by atoms with Gasteiger partial charge >= 0.3 is 0 Å². The van der Waals surface area contributed by atoms with Gasteiger partial charge in [0.15, 0.2) is 0 Å². The predicted molar refractivity (Wildman–Crippen MR) is 101 cm³/mol. The van der Waals surface area contributed by atoms with Crippen molar-refractivity contribution in [3.05, 3.63) is 68.1 Å². The van der Waals surface area contributed by atoms with Crippen molar-refractivity contribution in [1.82, 2.24) is 24.5 Å². The molecular formula is C18H15N5OS2. The van der Waals surface area contributed by atoms with Gasteiger partial charge in [-0.15, -0.1) is 27.8 Å². The molecule has 0 radical (unpaired) electrons. The highest BCUT2D eigenvalue weighted by atomic mass is 32.1. The molecule has 1 aliphatic rings. The molecule has 0 spiro atoms. The van der Waals surface area contributed by atoms with Crippen LogP contribution in [-0.2, 0) is 6.42 Å². The van der Waals surface area contributed by atoms with Gasteiger partial charge in [0.05, 0.1) is 6.04 Å². The zero-order valence-corrected chi connectivity index (χ0v) is 15.6. The van der Waals surface area contributed by atoms with Gasteiger partial charge in [0.25, 0.3) is 11.7 Å². The minimum Gasteiger partial charge on any atom is -0.323 e. The van der Waals surface area contributed by atoms with Gasteiger partial charge in [0.2, 0.25) is 5.82 Å². The van der Waals surface area contributed by atoms with Gasteiger partial charge in [-0.25, -0.2) is 9.50 Å². The van der Waals surface area contributed by atoms with Crippen LogP contribution in [0.3, 0.4) is 0 Å². The van der Waals surface area contributed by atoms with Crippen LogP contribution in [0.4, 0.5) is 0 Å². The Morgan fingerprint density at radius 2 is 2.15 bits per heavy atom. The van der Waals surface area contributed by atoms with Gasteiger partial charge in [-0.05, 0) is 47.9 Å². The lowest BCUT2D eigenvalue weighted by molar-refractivity contribution is 0.0686. The molecule has 1 aliphatic heterocycles. The standard InChI is InChI=1S/C18H15N5OS2/c1-11-4-7-19-18-20-16(21-23(11)18)17(24)22-8-5-13-12(6-10-26-13)15(22)14-3-2-9-25-14/h2-4,6-7,9-10,15H,5,8H2,1H3. The van der Waals surface area contributed by atoms with E-state index < -0.39 is 0 Å². The Labute approximate surface area is 157 Å². The van der Waals surface area contributed by atoms with Crippen LogP contribution in [0, 0.1) is 6.92 Å². The number of hydrogen-bond acceptors (Lipinski definition) is 6. The molecule has 4 aromatic heterocycles. The Morgan fingerprint density at radius 3 is 2.96 bits per heavy atom. The highest BCUT2D eigenvalue weighted by Gasteiger charge is 2.35. The van der Waals surface area contributed by atoms with E-state index in [1.165, 1.54) is 10.4 Å². The van der Waals surface area contributed by atoms with Crippen LogP contribution in [0.2, 0.25) is 0 Å². The molecular weight excluding hydrogens is 366 g/mol. The third kappa shape index (κ3) is 2.37. The summed E-state index contributed by atoms with van der Waals surface area (Å²) in [4.78, 5) is 26.3. The summed E-state index contributed by atoms with van der Waals surface area (Å²) < 4.78 is 1.62. The number of fused-ring (bicyclic) bond motifs is 2. The van der Waals surface area contributed by atoms with Gasteiger partial charge in [0, 0.05) is 28.2 Å². The molecule has 8 heteroatoms. The van der Waals surface area contributed by atoms with Crippen molar-refractivity contribution in [1.29, 1.82) is 0 Å². The number of hydrogen-bond donors (Lipinski definition) is 0. The summed E-state index contributed by atoms with van der Waals surface area (Å²) in [5, 5.41) is 8.56. The molecule has 0 aromatic carbocycles. The maximum Gasteiger partial charge on any atom is 0.294 e. The summed E-state index contributed by atoms with van der Waals surface area (Å²) in [5.41, 5.74) is 2.12. The first kappa shape index (κ1) is 15.7. The van der Waals surface area contributed by atoms with E-state index in [4.69, 9.17) is 0 Å². The number of carbonyl (C=O) groups excluding carboxylic acids is 1. The van der Waals surface area contributed by atoms with E-state index in [0.29, 0.717) is 12.3 Å². The quantitative estimate of drug-likeness (QED) is 0.534. The van der Waals surface area contributed by atoms with Gasteiger partial charge in [-0.1, -0.05) is 6.07 Å². The fourth-order valence-electron chi connectivity index (χ4n) is 3.41. The van der Waals surface area contributed by atoms with Crippen molar-refractivity contribution in [2.24, 2.45) is 0 Å². The molecule has 1 amide bonds. The fourth-order valence-corrected chi connectivity index (χ4v) is 5.17. The minimum absolute atomic E-state index is 0.0711. The van der Waals surface area contributed by atoms with Gasteiger partial charge in [0.1, 0.15) is 0 Å². The van der Waals surface area contributed by atoms with E-state index in [9.17, 15) is 4.79 Å². The third-order valence-corrected chi connectivity index (χ3v) is 6.58. The minimum atomic E-state index is -0.148. The molecule has 0 N–H and O–H groups in total. The summed E-state index contributed by atoms with van der Waals surface area (Å²) >= 11 is 3.44. The van der Waals surface area contributed by atoms with Crippen molar-refractivity contribution in [3.8, 4) is 0 Å². The Kier molecular flexibility index (Phi) is 3.61. The van der Waals surface area contributed by atoms with Crippen molar-refractivity contribution in [2.75, 3.05) is 6.54 Å². The third-order valence-electron chi connectivity index (χ3n) is 4.66. The lowest BCUT2D eigenvalue weighted by atomic mass is 9.98. The highest BCUT2D eigenvalue weighted by molar-refractivity contribution is 7.10. The molecule has 0 bridgehead atoms. The largest absolute Gasteiger partial charge is 0.323 e. The van der Waals surface area contributed by atoms with Crippen LogP contribution < -0.4 is 0 Å². The van der Waals surface area contributed by atoms with Crippen molar-refractivity contribution in [3.63, 3.8) is 0 Å². The second kappa shape index (κ2) is 6.00. The van der Waals surface area contributed by atoms with Gasteiger partial charge in [-0.2, -0.15) is 4.98 Å². The van der Waals surface area contributed by atoms with Gasteiger partial charge < -0.3 is 4.90 Å². The van der Waals surface area contributed by atoms with E-state index in [0.717, 1.165) is 17.0 Å². The topological polar surface area (TPSA) is 63.4 Å². The smallest absolute Gasteiger partial charge is 0.294 e. The number of thiophene rings is 2.